The number of carbonyl (C=O) groups excluding carboxylic acids is 2. The van der Waals surface area contributed by atoms with Gasteiger partial charge in [-0.1, -0.05) is 15.9 Å². The fourth-order valence-electron chi connectivity index (χ4n) is 4.84. The van der Waals surface area contributed by atoms with Gasteiger partial charge in [-0.3, -0.25) is 29.6 Å². The third kappa shape index (κ3) is 6.74. The molecule has 210 valence electrons. The Kier molecular flexibility index (Phi) is 9.21. The lowest BCUT2D eigenvalue weighted by Gasteiger charge is -2.35. The summed E-state index contributed by atoms with van der Waals surface area (Å²) in [5, 5.41) is 26.4. The van der Waals surface area contributed by atoms with E-state index >= 15 is 0 Å². The van der Waals surface area contributed by atoms with Gasteiger partial charge in [0.1, 0.15) is 11.3 Å². The first kappa shape index (κ1) is 29.3. The van der Waals surface area contributed by atoms with Crippen LogP contribution in [0.3, 0.4) is 0 Å². The van der Waals surface area contributed by atoms with E-state index in [-0.39, 0.29) is 41.8 Å². The van der Waals surface area contributed by atoms with Crippen LogP contribution in [0.5, 0.6) is 0 Å². The van der Waals surface area contributed by atoms with Crippen LogP contribution in [-0.2, 0) is 4.74 Å². The number of nitrogens with one attached hydrogen (secondary N) is 1. The minimum atomic E-state index is -1.43. The molecule has 1 aromatic heterocycles. The van der Waals surface area contributed by atoms with Crippen molar-refractivity contribution in [1.29, 1.82) is 0 Å². The maximum absolute atomic E-state index is 13.7. The van der Waals surface area contributed by atoms with E-state index in [1.807, 2.05) is 0 Å². The predicted molar refractivity (Wildman–Crippen MR) is 151 cm³/mol. The Bertz CT molecular complexity index is 1250. The number of amides is 2. The molecule has 3 heterocycles. The summed E-state index contributed by atoms with van der Waals surface area (Å²) in [6.07, 6.45) is 3.00. The summed E-state index contributed by atoms with van der Waals surface area (Å²) < 4.78 is 6.16. The van der Waals surface area contributed by atoms with Crippen LogP contribution in [0.15, 0.2) is 39.5 Å². The van der Waals surface area contributed by atoms with E-state index in [4.69, 9.17) is 4.74 Å². The first-order valence-electron chi connectivity index (χ1n) is 12.4. The molecular formula is C25H30Br2N6O6. The zero-order valence-electron chi connectivity index (χ0n) is 21.6. The molecule has 0 spiro atoms. The van der Waals surface area contributed by atoms with Crippen molar-refractivity contribution >= 4 is 55.0 Å². The number of aromatic nitrogens is 1. The largest absolute Gasteiger partial charge is 0.386 e. The van der Waals surface area contributed by atoms with Gasteiger partial charge in [-0.15, -0.1) is 0 Å². The number of hydrogen-bond donors (Lipinski definition) is 2. The molecule has 14 heteroatoms. The van der Waals surface area contributed by atoms with Crippen LogP contribution in [0, 0.1) is 10.1 Å². The smallest absolute Gasteiger partial charge is 0.294 e. The molecule has 2 aliphatic heterocycles. The molecule has 4 rings (SSSR count). The minimum absolute atomic E-state index is 0.00689. The number of hydrogen-bond acceptors (Lipinski definition) is 9. The summed E-state index contributed by atoms with van der Waals surface area (Å²) in [6.45, 7) is 5.22. The van der Waals surface area contributed by atoms with Crippen LogP contribution < -0.4 is 5.32 Å². The highest BCUT2D eigenvalue weighted by Crippen LogP contribution is 2.36. The topological polar surface area (TPSA) is 141 Å². The molecule has 2 saturated heterocycles. The molecule has 0 saturated carbocycles. The maximum atomic E-state index is 13.7. The standard InChI is InChI=1S/C25H30Br2N6O6/c1-25(36)15-32(23(34)16-9-18(27)13-28-12-16)14-21(25)29-22-19(10-17(26)11-20(22)33(37)38)24(35)31-5-3-30(4-6-31)7-8-39-2/h9-13,21,29,36H,3-8,14-15H2,1-2H3/t21-,25?/m0/s1. The summed E-state index contributed by atoms with van der Waals surface area (Å²) in [7, 11) is 1.64. The molecule has 2 atom stereocenters. The van der Waals surface area contributed by atoms with Crippen LogP contribution in [0.1, 0.15) is 27.6 Å². The van der Waals surface area contributed by atoms with E-state index < -0.39 is 16.6 Å². The van der Waals surface area contributed by atoms with E-state index in [0.717, 1.165) is 6.54 Å². The van der Waals surface area contributed by atoms with Gasteiger partial charge in [0.15, 0.2) is 0 Å². The van der Waals surface area contributed by atoms with Gasteiger partial charge in [-0.05, 0) is 35.0 Å². The van der Waals surface area contributed by atoms with Crippen molar-refractivity contribution in [1.82, 2.24) is 19.7 Å². The van der Waals surface area contributed by atoms with Crippen molar-refractivity contribution in [2.24, 2.45) is 0 Å². The Labute approximate surface area is 242 Å². The minimum Gasteiger partial charge on any atom is -0.386 e. The van der Waals surface area contributed by atoms with Gasteiger partial charge in [0, 0.05) is 73.8 Å². The van der Waals surface area contributed by atoms with E-state index in [0.29, 0.717) is 47.3 Å². The average Bonchev–Trinajstić information content (AvgIpc) is 3.21. The van der Waals surface area contributed by atoms with Gasteiger partial charge in [0.2, 0.25) is 0 Å². The molecule has 2 fully saturated rings. The van der Waals surface area contributed by atoms with E-state index in [1.54, 1.807) is 37.3 Å². The van der Waals surface area contributed by atoms with Crippen molar-refractivity contribution in [2.75, 3.05) is 64.8 Å². The van der Waals surface area contributed by atoms with Gasteiger partial charge >= 0.3 is 0 Å². The molecule has 12 nitrogen and oxygen atoms in total. The van der Waals surface area contributed by atoms with Crippen LogP contribution in [0.25, 0.3) is 0 Å². The highest BCUT2D eigenvalue weighted by atomic mass is 79.9. The molecule has 2 N–H and O–H groups in total. The zero-order valence-corrected chi connectivity index (χ0v) is 24.8. The number of carbonyl (C=O) groups is 2. The molecule has 1 unspecified atom stereocenters. The number of benzene rings is 1. The number of piperazine rings is 1. The van der Waals surface area contributed by atoms with Crippen molar-refractivity contribution in [3.05, 3.63) is 60.8 Å². The quantitative estimate of drug-likeness (QED) is 0.321. The molecule has 39 heavy (non-hydrogen) atoms. The van der Waals surface area contributed by atoms with Crippen LogP contribution in [-0.4, -0.2) is 113 Å². The van der Waals surface area contributed by atoms with Gasteiger partial charge in [-0.25, -0.2) is 0 Å². The Morgan fingerprint density at radius 2 is 1.87 bits per heavy atom. The third-order valence-electron chi connectivity index (χ3n) is 7.00. The van der Waals surface area contributed by atoms with Crippen LogP contribution in [0.2, 0.25) is 0 Å². The molecule has 2 aromatic rings. The summed E-state index contributed by atoms with van der Waals surface area (Å²) in [4.78, 5) is 47.6. The fraction of sp³-hybridized carbons (Fsp3) is 0.480. The zero-order chi connectivity index (χ0) is 28.3. The van der Waals surface area contributed by atoms with E-state index in [9.17, 15) is 24.8 Å². The molecular weight excluding hydrogens is 640 g/mol. The number of nitro groups is 1. The van der Waals surface area contributed by atoms with Gasteiger partial charge in [0.05, 0.1) is 35.2 Å². The van der Waals surface area contributed by atoms with Crippen molar-refractivity contribution < 1.29 is 24.4 Å². The number of rotatable bonds is 8. The number of β-amino-alcohol motifs (C(OH)–C–C–N with tert-alkyl or cyclic N) is 1. The second-order valence-electron chi connectivity index (χ2n) is 9.86. The molecule has 1 aromatic carbocycles. The predicted octanol–water partition coefficient (Wildman–Crippen LogP) is 2.61. The van der Waals surface area contributed by atoms with Gasteiger partial charge in [-0.2, -0.15) is 0 Å². The van der Waals surface area contributed by atoms with Crippen molar-refractivity contribution in [2.45, 2.75) is 18.6 Å². The Morgan fingerprint density at radius 1 is 1.15 bits per heavy atom. The third-order valence-corrected chi connectivity index (χ3v) is 7.89. The molecule has 0 radical (unpaired) electrons. The number of nitrogens with zero attached hydrogens (tertiary/aromatic N) is 5. The Morgan fingerprint density at radius 3 is 2.51 bits per heavy atom. The summed E-state index contributed by atoms with van der Waals surface area (Å²) in [5.41, 5.74) is -1.25. The molecule has 2 amide bonds. The molecule has 0 aliphatic carbocycles. The number of anilines is 1. The monoisotopic (exact) mass is 668 g/mol. The Balaban J connectivity index is 1.59. The van der Waals surface area contributed by atoms with Crippen LogP contribution in [0.4, 0.5) is 11.4 Å². The van der Waals surface area contributed by atoms with Crippen molar-refractivity contribution in [3.8, 4) is 0 Å². The first-order chi connectivity index (χ1) is 18.5. The second-order valence-corrected chi connectivity index (χ2v) is 11.7. The maximum Gasteiger partial charge on any atom is 0.294 e. The first-order valence-corrected chi connectivity index (χ1v) is 14.0. The lowest BCUT2D eigenvalue weighted by molar-refractivity contribution is -0.384. The van der Waals surface area contributed by atoms with Gasteiger partial charge < -0.3 is 25.0 Å². The summed E-state index contributed by atoms with van der Waals surface area (Å²) >= 11 is 6.61. The number of likely N-dealkylation sites (tertiary alicyclic amines) is 1. The van der Waals surface area contributed by atoms with E-state index in [2.05, 4.69) is 47.1 Å². The Hall–Kier alpha value is -2.65. The number of methoxy groups -OCH3 is 1. The number of nitro benzene ring substituents is 1. The lowest BCUT2D eigenvalue weighted by Crippen LogP contribution is -2.49. The number of ether oxygens (including phenoxy) is 1. The SMILES string of the molecule is COCCN1CCN(C(=O)c2cc(Br)cc([N+](=O)[O-])c2N[C@H]2CN(C(=O)c3cncc(Br)c3)CC2(C)O)CC1. The number of halogens is 2. The van der Waals surface area contributed by atoms with E-state index in [1.165, 1.54) is 17.2 Å². The number of pyridine rings is 1. The normalized spacial score (nSPS) is 21.7. The van der Waals surface area contributed by atoms with Crippen molar-refractivity contribution in [3.63, 3.8) is 0 Å². The van der Waals surface area contributed by atoms with Crippen LogP contribution >= 0.6 is 31.9 Å². The highest BCUT2D eigenvalue weighted by molar-refractivity contribution is 9.10. The summed E-state index contributed by atoms with van der Waals surface area (Å²) in [6, 6.07) is 3.73. The van der Waals surface area contributed by atoms with Gasteiger partial charge in [0.25, 0.3) is 17.5 Å². The molecule has 2 aliphatic rings. The summed E-state index contributed by atoms with van der Waals surface area (Å²) in [5.74, 6) is -0.680. The fourth-order valence-corrected chi connectivity index (χ4v) is 5.65. The highest BCUT2D eigenvalue weighted by Gasteiger charge is 2.45. The molecule has 0 bridgehead atoms. The lowest BCUT2D eigenvalue weighted by atomic mass is 9.99. The average molecular weight is 670 g/mol. The number of aliphatic hydroxyl groups is 1. The second kappa shape index (κ2) is 12.3.